The molecule has 5 rings (SSSR count). The first-order valence-corrected chi connectivity index (χ1v) is 11.2. The zero-order chi connectivity index (χ0) is 20.0. The highest BCUT2D eigenvalue weighted by Gasteiger charge is 2.40. The molecule has 29 heavy (non-hydrogen) atoms. The third kappa shape index (κ3) is 3.16. The zero-order valence-electron chi connectivity index (χ0n) is 16.5. The largest absolute Gasteiger partial charge is 0.309 e. The van der Waals surface area contributed by atoms with Crippen molar-refractivity contribution < 1.29 is 14.5 Å². The highest BCUT2D eigenvalue weighted by molar-refractivity contribution is 7.18. The summed E-state index contributed by atoms with van der Waals surface area (Å²) in [5, 5.41) is 1.14. The van der Waals surface area contributed by atoms with Crippen LogP contribution in [0.3, 0.4) is 0 Å². The number of aryl methyl sites for hydroxylation is 1. The molecule has 0 saturated carbocycles. The SMILES string of the molecule is CCc1ccc2c(c1)C(=O)C(=O)N2C[NH+]1CCCC[C@H]1c1nc2ccccc2s1. The number of para-hydroxylation sites is 1. The summed E-state index contributed by atoms with van der Waals surface area (Å²) < 4.78 is 1.21. The van der Waals surface area contributed by atoms with Crippen LogP contribution in [-0.2, 0) is 11.2 Å². The maximum absolute atomic E-state index is 12.8. The van der Waals surface area contributed by atoms with Gasteiger partial charge in [0.2, 0.25) is 0 Å². The van der Waals surface area contributed by atoms with E-state index in [1.807, 2.05) is 30.3 Å². The quantitative estimate of drug-likeness (QED) is 0.677. The van der Waals surface area contributed by atoms with Crippen molar-refractivity contribution in [2.45, 2.75) is 38.6 Å². The molecule has 2 aliphatic heterocycles. The van der Waals surface area contributed by atoms with Crippen LogP contribution in [0.25, 0.3) is 10.2 Å². The number of likely N-dealkylation sites (tertiary alicyclic amines) is 1. The maximum atomic E-state index is 12.8. The number of nitrogens with zero attached hydrogens (tertiary/aromatic N) is 2. The molecule has 6 heteroatoms. The third-order valence-corrected chi connectivity index (χ3v) is 7.30. The summed E-state index contributed by atoms with van der Waals surface area (Å²) in [6.07, 6.45) is 4.22. The fourth-order valence-corrected chi connectivity index (χ4v) is 5.69. The molecule has 5 nitrogen and oxygen atoms in total. The molecule has 1 unspecified atom stereocenters. The van der Waals surface area contributed by atoms with Crippen molar-refractivity contribution in [1.82, 2.24) is 4.98 Å². The van der Waals surface area contributed by atoms with Gasteiger partial charge >= 0.3 is 5.91 Å². The average molecular weight is 407 g/mol. The first kappa shape index (κ1) is 18.5. The number of carbonyl (C=O) groups is 2. The summed E-state index contributed by atoms with van der Waals surface area (Å²) >= 11 is 1.76. The van der Waals surface area contributed by atoms with E-state index < -0.39 is 5.91 Å². The van der Waals surface area contributed by atoms with Gasteiger partial charge in [-0.2, -0.15) is 0 Å². The van der Waals surface area contributed by atoms with E-state index in [9.17, 15) is 9.59 Å². The molecular weight excluding hydrogens is 382 g/mol. The Labute approximate surface area is 174 Å². The second-order valence-electron chi connectivity index (χ2n) is 7.90. The first-order chi connectivity index (χ1) is 14.2. The summed E-state index contributed by atoms with van der Waals surface area (Å²) in [4.78, 5) is 33.2. The number of benzene rings is 2. The number of amides is 1. The molecule has 1 fully saturated rings. The summed E-state index contributed by atoms with van der Waals surface area (Å²) in [5.41, 5.74) is 3.45. The Balaban J connectivity index is 1.45. The van der Waals surface area contributed by atoms with E-state index in [0.29, 0.717) is 12.2 Å². The Bertz CT molecular complexity index is 1070. The van der Waals surface area contributed by atoms with E-state index in [0.717, 1.165) is 47.6 Å². The maximum Gasteiger partial charge on any atom is 0.303 e. The molecule has 3 aromatic rings. The van der Waals surface area contributed by atoms with Gasteiger partial charge in [0.25, 0.3) is 5.78 Å². The Kier molecular flexibility index (Phi) is 4.68. The summed E-state index contributed by atoms with van der Waals surface area (Å²) in [6.45, 7) is 3.56. The number of rotatable bonds is 4. The lowest BCUT2D eigenvalue weighted by atomic mass is 10.0. The molecular formula is C23H24N3O2S+. The fourth-order valence-electron chi connectivity index (χ4n) is 4.53. The van der Waals surface area contributed by atoms with Crippen LogP contribution >= 0.6 is 11.3 Å². The molecule has 0 radical (unpaired) electrons. The number of thiazole rings is 1. The molecule has 0 spiro atoms. The van der Waals surface area contributed by atoms with Gasteiger partial charge in [-0.1, -0.05) is 25.1 Å². The van der Waals surface area contributed by atoms with Gasteiger partial charge in [-0.15, -0.1) is 11.3 Å². The number of hydrogen-bond donors (Lipinski definition) is 1. The number of fused-ring (bicyclic) bond motifs is 2. The number of ketones is 1. The molecule has 148 valence electrons. The molecule has 3 heterocycles. The minimum atomic E-state index is -0.394. The molecule has 2 aromatic carbocycles. The van der Waals surface area contributed by atoms with Crippen LogP contribution in [0.15, 0.2) is 42.5 Å². The minimum absolute atomic E-state index is 0.267. The number of nitrogens with one attached hydrogen (secondary N) is 1. The monoisotopic (exact) mass is 406 g/mol. The Hall–Kier alpha value is -2.57. The normalized spacial score (nSPS) is 21.8. The third-order valence-electron chi connectivity index (χ3n) is 6.15. The number of hydrogen-bond acceptors (Lipinski definition) is 4. The van der Waals surface area contributed by atoms with Crippen LogP contribution < -0.4 is 9.80 Å². The van der Waals surface area contributed by atoms with E-state index in [1.165, 1.54) is 16.0 Å². The van der Waals surface area contributed by atoms with Gasteiger partial charge in [-0.25, -0.2) is 4.98 Å². The molecule has 0 aliphatic carbocycles. The van der Waals surface area contributed by atoms with Crippen LogP contribution in [0, 0.1) is 0 Å². The second-order valence-corrected chi connectivity index (χ2v) is 8.96. The lowest BCUT2D eigenvalue weighted by Gasteiger charge is -2.33. The van der Waals surface area contributed by atoms with Crippen LogP contribution in [0.2, 0.25) is 0 Å². The minimum Gasteiger partial charge on any atom is -0.309 e. The summed E-state index contributed by atoms with van der Waals surface area (Å²) in [7, 11) is 0. The zero-order valence-corrected chi connectivity index (χ0v) is 17.3. The van der Waals surface area contributed by atoms with Crippen molar-refractivity contribution in [3.63, 3.8) is 0 Å². The topological polar surface area (TPSA) is 54.7 Å². The van der Waals surface area contributed by atoms with Gasteiger partial charge in [0.1, 0.15) is 6.04 Å². The molecule has 2 aliphatic rings. The van der Waals surface area contributed by atoms with E-state index in [4.69, 9.17) is 4.98 Å². The predicted octanol–water partition coefficient (Wildman–Crippen LogP) is 3.16. The van der Waals surface area contributed by atoms with Gasteiger partial charge in [0.15, 0.2) is 11.7 Å². The highest BCUT2D eigenvalue weighted by Crippen LogP contribution is 2.31. The van der Waals surface area contributed by atoms with Gasteiger partial charge in [-0.05, 0) is 49.1 Å². The standard InChI is InChI=1S/C23H23N3O2S/c1-2-15-10-11-18-16(13-15)21(27)23(28)26(18)14-25-12-6-5-8-19(25)22-24-17-7-3-4-9-20(17)29-22/h3-4,7,9-11,13,19H,2,5-6,8,12,14H2,1H3/p+1/t19-/m0/s1. The summed E-state index contributed by atoms with van der Waals surface area (Å²) in [6, 6.07) is 14.3. The van der Waals surface area contributed by atoms with Gasteiger partial charge in [-0.3, -0.25) is 14.5 Å². The number of carbonyl (C=O) groups excluding carboxylic acids is 2. The van der Waals surface area contributed by atoms with E-state index in [-0.39, 0.29) is 11.8 Å². The van der Waals surface area contributed by atoms with E-state index in [2.05, 4.69) is 19.1 Å². The van der Waals surface area contributed by atoms with Gasteiger partial charge in [0, 0.05) is 6.42 Å². The Morgan fingerprint density at radius 3 is 2.86 bits per heavy atom. The predicted molar refractivity (Wildman–Crippen MR) is 115 cm³/mol. The molecule has 0 bridgehead atoms. The smallest absolute Gasteiger partial charge is 0.303 e. The lowest BCUT2D eigenvalue weighted by molar-refractivity contribution is -0.935. The number of quaternary nitrogens is 1. The van der Waals surface area contributed by atoms with E-state index in [1.54, 1.807) is 16.2 Å². The Morgan fingerprint density at radius 2 is 2.03 bits per heavy atom. The molecule has 1 saturated heterocycles. The van der Waals surface area contributed by atoms with Crippen LogP contribution in [-0.4, -0.2) is 29.9 Å². The molecule has 1 amide bonds. The average Bonchev–Trinajstić information content (AvgIpc) is 3.29. The number of piperidine rings is 1. The van der Waals surface area contributed by atoms with Crippen LogP contribution in [0.4, 0.5) is 5.69 Å². The molecule has 1 aromatic heterocycles. The van der Waals surface area contributed by atoms with Crippen molar-refractivity contribution in [3.05, 3.63) is 58.6 Å². The van der Waals surface area contributed by atoms with Crippen molar-refractivity contribution >= 4 is 38.9 Å². The lowest BCUT2D eigenvalue weighted by Crippen LogP contribution is -3.14. The van der Waals surface area contributed by atoms with Crippen LogP contribution in [0.5, 0.6) is 0 Å². The number of anilines is 1. The van der Waals surface area contributed by atoms with Crippen molar-refractivity contribution in [1.29, 1.82) is 0 Å². The Morgan fingerprint density at radius 1 is 1.17 bits per heavy atom. The second kappa shape index (κ2) is 7.35. The van der Waals surface area contributed by atoms with Crippen LogP contribution in [0.1, 0.15) is 53.2 Å². The summed E-state index contributed by atoms with van der Waals surface area (Å²) in [5.74, 6) is -0.766. The first-order valence-electron chi connectivity index (χ1n) is 10.3. The number of aromatic nitrogens is 1. The van der Waals surface area contributed by atoms with Gasteiger partial charge < -0.3 is 4.90 Å². The van der Waals surface area contributed by atoms with E-state index >= 15 is 0 Å². The highest BCUT2D eigenvalue weighted by atomic mass is 32.1. The fraction of sp³-hybridized carbons (Fsp3) is 0.348. The molecule has 2 atom stereocenters. The van der Waals surface area contributed by atoms with Gasteiger partial charge in [0.05, 0.1) is 28.0 Å². The van der Waals surface area contributed by atoms with Crippen molar-refractivity contribution in [2.24, 2.45) is 0 Å². The number of Topliss-reactive ketones (excluding diaryl/α,β-unsaturated/α-hetero) is 1. The van der Waals surface area contributed by atoms with Crippen molar-refractivity contribution in [2.75, 3.05) is 18.1 Å². The van der Waals surface area contributed by atoms with Crippen molar-refractivity contribution in [3.8, 4) is 0 Å². The molecule has 1 N–H and O–H groups in total.